The Morgan fingerprint density at radius 2 is 2.07 bits per heavy atom. The molecule has 0 radical (unpaired) electrons. The lowest BCUT2D eigenvalue weighted by molar-refractivity contribution is -0.119. The zero-order valence-electron chi connectivity index (χ0n) is 7.61. The van der Waals surface area contributed by atoms with E-state index in [4.69, 9.17) is 5.11 Å². The zero-order valence-corrected chi connectivity index (χ0v) is 7.61. The fourth-order valence-corrected chi connectivity index (χ4v) is 1.49. The van der Waals surface area contributed by atoms with Gasteiger partial charge in [0.2, 0.25) is 5.91 Å². The lowest BCUT2D eigenvalue weighted by Gasteiger charge is -2.15. The van der Waals surface area contributed by atoms with Crippen molar-refractivity contribution >= 4 is 17.8 Å². The Bertz CT molecular complexity index is 478. The number of amides is 2. The van der Waals surface area contributed by atoms with Crippen LogP contribution in [-0.2, 0) is 11.2 Å². The van der Waals surface area contributed by atoms with Crippen molar-refractivity contribution in [1.82, 2.24) is 5.32 Å². The summed E-state index contributed by atoms with van der Waals surface area (Å²) in [6.07, 6.45) is 0.112. The van der Waals surface area contributed by atoms with E-state index in [-0.39, 0.29) is 23.5 Å². The number of fused-ring (bicyclic) bond motifs is 1. The molecule has 5 heteroatoms. The smallest absolute Gasteiger partial charge is 0.335 e. The van der Waals surface area contributed by atoms with Crippen LogP contribution in [0.2, 0.25) is 0 Å². The van der Waals surface area contributed by atoms with Crippen molar-refractivity contribution in [3.05, 3.63) is 34.9 Å². The first kappa shape index (κ1) is 9.39. The van der Waals surface area contributed by atoms with Gasteiger partial charge in [-0.05, 0) is 17.7 Å². The van der Waals surface area contributed by atoms with Crippen LogP contribution in [0.4, 0.5) is 0 Å². The van der Waals surface area contributed by atoms with Crippen LogP contribution < -0.4 is 5.32 Å². The fourth-order valence-electron chi connectivity index (χ4n) is 1.49. The molecule has 15 heavy (non-hydrogen) atoms. The van der Waals surface area contributed by atoms with Gasteiger partial charge in [-0.1, -0.05) is 6.07 Å². The third-order valence-corrected chi connectivity index (χ3v) is 2.21. The first-order valence-corrected chi connectivity index (χ1v) is 4.28. The highest BCUT2D eigenvalue weighted by molar-refractivity contribution is 6.10. The molecule has 1 heterocycles. The van der Waals surface area contributed by atoms with Gasteiger partial charge in [0.1, 0.15) is 0 Å². The Hall–Kier alpha value is -2.17. The van der Waals surface area contributed by atoms with Gasteiger partial charge >= 0.3 is 5.97 Å². The average molecular weight is 205 g/mol. The first-order chi connectivity index (χ1) is 7.08. The largest absolute Gasteiger partial charge is 0.478 e. The molecule has 0 spiro atoms. The highest BCUT2D eigenvalue weighted by Crippen LogP contribution is 2.16. The van der Waals surface area contributed by atoms with Crippen molar-refractivity contribution in [2.24, 2.45) is 0 Å². The lowest BCUT2D eigenvalue weighted by Crippen LogP contribution is -2.37. The minimum atomic E-state index is -1.09. The predicted octanol–water partition coefficient (Wildman–Crippen LogP) is 0.197. The second-order valence-corrected chi connectivity index (χ2v) is 3.23. The quantitative estimate of drug-likeness (QED) is 0.641. The van der Waals surface area contributed by atoms with Gasteiger partial charge in [-0.25, -0.2) is 4.79 Å². The summed E-state index contributed by atoms with van der Waals surface area (Å²) in [5.74, 6) is -2.00. The maximum absolute atomic E-state index is 11.3. The summed E-state index contributed by atoms with van der Waals surface area (Å²) in [7, 11) is 0. The Balaban J connectivity index is 2.52. The Morgan fingerprint density at radius 3 is 2.73 bits per heavy atom. The van der Waals surface area contributed by atoms with Gasteiger partial charge in [-0.15, -0.1) is 0 Å². The van der Waals surface area contributed by atoms with Crippen molar-refractivity contribution in [1.29, 1.82) is 0 Å². The summed E-state index contributed by atoms with van der Waals surface area (Å²) in [5, 5.41) is 10.9. The molecule has 0 saturated heterocycles. The van der Waals surface area contributed by atoms with Crippen molar-refractivity contribution in [3.63, 3.8) is 0 Å². The van der Waals surface area contributed by atoms with E-state index in [1.54, 1.807) is 0 Å². The topological polar surface area (TPSA) is 83.5 Å². The van der Waals surface area contributed by atoms with E-state index in [0.29, 0.717) is 5.56 Å². The Labute approximate surface area is 84.7 Å². The van der Waals surface area contributed by atoms with Gasteiger partial charge in [0.15, 0.2) is 0 Å². The number of hydrogen-bond acceptors (Lipinski definition) is 3. The van der Waals surface area contributed by atoms with Gasteiger partial charge in [0.05, 0.1) is 12.0 Å². The van der Waals surface area contributed by atoms with Gasteiger partial charge in [0, 0.05) is 5.56 Å². The summed E-state index contributed by atoms with van der Waals surface area (Å²) in [5.41, 5.74) is 0.862. The Morgan fingerprint density at radius 1 is 1.33 bits per heavy atom. The third kappa shape index (κ3) is 1.59. The minimum Gasteiger partial charge on any atom is -0.478 e. The summed E-state index contributed by atoms with van der Waals surface area (Å²) >= 11 is 0. The third-order valence-electron chi connectivity index (χ3n) is 2.21. The monoisotopic (exact) mass is 205 g/mol. The SMILES string of the molecule is O=C1Cc2ccc(C(=O)O)cc2C(=O)N1. The molecule has 0 atom stereocenters. The van der Waals surface area contributed by atoms with Gasteiger partial charge in [0.25, 0.3) is 5.91 Å². The summed E-state index contributed by atoms with van der Waals surface area (Å²) in [4.78, 5) is 33.0. The summed E-state index contributed by atoms with van der Waals surface area (Å²) in [6, 6.07) is 4.15. The van der Waals surface area contributed by atoms with Crippen LogP contribution >= 0.6 is 0 Å². The molecule has 2 amide bonds. The minimum absolute atomic E-state index is 0.0400. The van der Waals surface area contributed by atoms with Gasteiger partial charge in [-0.2, -0.15) is 0 Å². The number of aromatic carboxylic acids is 1. The predicted molar refractivity (Wildman–Crippen MR) is 49.6 cm³/mol. The normalized spacial score (nSPS) is 14.4. The molecule has 1 aliphatic rings. The second kappa shape index (κ2) is 3.20. The molecule has 0 aliphatic carbocycles. The summed E-state index contributed by atoms with van der Waals surface area (Å²) in [6.45, 7) is 0. The molecule has 76 valence electrons. The highest BCUT2D eigenvalue weighted by Gasteiger charge is 2.23. The number of carboxylic acids is 1. The second-order valence-electron chi connectivity index (χ2n) is 3.23. The maximum atomic E-state index is 11.3. The number of nitrogens with one attached hydrogen (secondary N) is 1. The molecule has 0 aromatic heterocycles. The van der Waals surface area contributed by atoms with E-state index in [0.717, 1.165) is 0 Å². The molecule has 2 rings (SSSR count). The van der Waals surface area contributed by atoms with Crippen LogP contribution in [0.5, 0.6) is 0 Å². The number of imide groups is 1. The van der Waals surface area contributed by atoms with E-state index < -0.39 is 11.9 Å². The number of hydrogen-bond donors (Lipinski definition) is 2. The molecule has 0 saturated carbocycles. The van der Waals surface area contributed by atoms with E-state index in [1.165, 1.54) is 18.2 Å². The van der Waals surface area contributed by atoms with E-state index in [1.807, 2.05) is 0 Å². The number of carbonyl (C=O) groups excluding carboxylic acids is 2. The van der Waals surface area contributed by atoms with Crippen LogP contribution in [-0.4, -0.2) is 22.9 Å². The fraction of sp³-hybridized carbons (Fsp3) is 0.100. The van der Waals surface area contributed by atoms with Gasteiger partial charge in [-0.3, -0.25) is 14.9 Å². The van der Waals surface area contributed by atoms with Crippen molar-refractivity contribution in [2.45, 2.75) is 6.42 Å². The molecule has 2 N–H and O–H groups in total. The van der Waals surface area contributed by atoms with Crippen LogP contribution in [0.3, 0.4) is 0 Å². The number of benzene rings is 1. The van der Waals surface area contributed by atoms with E-state index in [2.05, 4.69) is 5.32 Å². The van der Waals surface area contributed by atoms with Crippen molar-refractivity contribution in [2.75, 3.05) is 0 Å². The van der Waals surface area contributed by atoms with Crippen LogP contribution in [0.1, 0.15) is 26.3 Å². The molecule has 5 nitrogen and oxygen atoms in total. The molecule has 1 aromatic carbocycles. The molecule has 1 aromatic rings. The number of carbonyl (C=O) groups is 3. The van der Waals surface area contributed by atoms with Crippen molar-refractivity contribution in [3.8, 4) is 0 Å². The molecular weight excluding hydrogens is 198 g/mol. The Kier molecular flexibility index (Phi) is 2.00. The lowest BCUT2D eigenvalue weighted by atomic mass is 9.97. The molecule has 1 aliphatic heterocycles. The molecule has 0 unspecified atom stereocenters. The maximum Gasteiger partial charge on any atom is 0.335 e. The van der Waals surface area contributed by atoms with E-state index >= 15 is 0 Å². The van der Waals surface area contributed by atoms with E-state index in [9.17, 15) is 14.4 Å². The van der Waals surface area contributed by atoms with Crippen molar-refractivity contribution < 1.29 is 19.5 Å². The molecule has 0 fully saturated rings. The van der Waals surface area contributed by atoms with Crippen LogP contribution in [0.15, 0.2) is 18.2 Å². The summed E-state index contributed by atoms with van der Waals surface area (Å²) < 4.78 is 0. The van der Waals surface area contributed by atoms with Crippen LogP contribution in [0, 0.1) is 0 Å². The molecule has 0 bridgehead atoms. The standard InChI is InChI=1S/C10H7NO4/c12-8-4-5-1-2-6(10(14)15)3-7(5)9(13)11-8/h1-3H,4H2,(H,14,15)(H,11,12,13). The molecular formula is C10H7NO4. The zero-order chi connectivity index (χ0) is 11.0. The number of carboxylic acid groups (broad SMARTS) is 1. The average Bonchev–Trinajstić information content (AvgIpc) is 2.16. The first-order valence-electron chi connectivity index (χ1n) is 4.28. The highest BCUT2D eigenvalue weighted by atomic mass is 16.4. The van der Waals surface area contributed by atoms with Crippen LogP contribution in [0.25, 0.3) is 0 Å². The van der Waals surface area contributed by atoms with Gasteiger partial charge < -0.3 is 5.11 Å². The number of rotatable bonds is 1.